The molecule has 0 aliphatic carbocycles. The van der Waals surface area contributed by atoms with Gasteiger partial charge in [0.25, 0.3) is 5.91 Å². The van der Waals surface area contributed by atoms with Crippen LogP contribution in [0.2, 0.25) is 5.02 Å². The molecule has 4 aromatic rings. The van der Waals surface area contributed by atoms with Crippen LogP contribution < -0.4 is 10.1 Å². The number of amides is 1. The lowest BCUT2D eigenvalue weighted by Crippen LogP contribution is -2.27. The van der Waals surface area contributed by atoms with Gasteiger partial charge in [-0.1, -0.05) is 60.2 Å². The highest BCUT2D eigenvalue weighted by Gasteiger charge is 2.20. The number of hydrogen-bond acceptors (Lipinski definition) is 4. The molecule has 0 bridgehead atoms. The van der Waals surface area contributed by atoms with E-state index in [1.807, 2.05) is 42.5 Å². The lowest BCUT2D eigenvalue weighted by molar-refractivity contribution is 0.0943. The van der Waals surface area contributed by atoms with Crippen LogP contribution in [0.25, 0.3) is 17.0 Å². The molecular weight excluding hydrogens is 424 g/mol. The molecule has 4 rings (SSSR count). The minimum Gasteiger partial charge on any atom is -0.505 e. The summed E-state index contributed by atoms with van der Waals surface area (Å²) < 4.78 is 5.22. The van der Waals surface area contributed by atoms with Crippen molar-refractivity contribution >= 4 is 34.5 Å². The predicted molar refractivity (Wildman–Crippen MR) is 127 cm³/mol. The Morgan fingerprint density at radius 2 is 1.91 bits per heavy atom. The number of rotatable bonds is 6. The average Bonchev–Trinajstić information content (AvgIpc) is 2.84. The quantitative estimate of drug-likeness (QED) is 0.395. The van der Waals surface area contributed by atoms with Gasteiger partial charge in [-0.15, -0.1) is 0 Å². The van der Waals surface area contributed by atoms with E-state index >= 15 is 0 Å². The number of fused-ring (bicyclic) bond motifs is 1. The largest absolute Gasteiger partial charge is 0.505 e. The highest BCUT2D eigenvalue weighted by atomic mass is 35.5. The van der Waals surface area contributed by atoms with Crippen molar-refractivity contribution in [3.8, 4) is 11.5 Å². The standard InChI is InChI=1S/C26H21ClN2O3/c1-32-19-10-5-9-18(15-19)26(31)29-23(13-12-17-7-3-2-4-8-17)21-16-22(27)20-11-6-14-28-24(20)25(21)30/h2-16,23,30H,1H3,(H,29,31). The molecule has 6 heteroatoms. The molecule has 0 aliphatic heterocycles. The summed E-state index contributed by atoms with van der Waals surface area (Å²) in [5, 5.41) is 15.0. The summed E-state index contributed by atoms with van der Waals surface area (Å²) in [7, 11) is 1.55. The van der Waals surface area contributed by atoms with Crippen molar-refractivity contribution in [3.05, 3.63) is 107 Å². The normalized spacial score (nSPS) is 12.1. The molecule has 0 aliphatic rings. The van der Waals surface area contributed by atoms with Gasteiger partial charge in [0.15, 0.2) is 0 Å². The van der Waals surface area contributed by atoms with Crippen LogP contribution in [0, 0.1) is 0 Å². The number of methoxy groups -OCH3 is 1. The van der Waals surface area contributed by atoms with Crippen LogP contribution in [0.3, 0.4) is 0 Å². The van der Waals surface area contributed by atoms with Gasteiger partial charge < -0.3 is 15.2 Å². The molecule has 0 saturated heterocycles. The Morgan fingerprint density at radius 1 is 1.09 bits per heavy atom. The van der Waals surface area contributed by atoms with Crippen LogP contribution >= 0.6 is 11.6 Å². The number of hydrogen-bond donors (Lipinski definition) is 2. The van der Waals surface area contributed by atoms with Crippen LogP contribution in [0.1, 0.15) is 27.5 Å². The third kappa shape index (κ3) is 4.58. The molecule has 0 spiro atoms. The number of nitrogens with one attached hydrogen (secondary N) is 1. The fraction of sp³-hybridized carbons (Fsp3) is 0.0769. The number of carbonyl (C=O) groups is 1. The maximum absolute atomic E-state index is 13.0. The Labute approximate surface area is 191 Å². The summed E-state index contributed by atoms with van der Waals surface area (Å²) in [6.45, 7) is 0. The average molecular weight is 445 g/mol. The van der Waals surface area contributed by atoms with Gasteiger partial charge in [0.05, 0.1) is 18.2 Å². The summed E-state index contributed by atoms with van der Waals surface area (Å²) in [6.07, 6.45) is 5.28. The van der Waals surface area contributed by atoms with Gasteiger partial charge in [0, 0.05) is 22.7 Å². The Morgan fingerprint density at radius 3 is 2.69 bits per heavy atom. The third-order valence-corrected chi connectivity index (χ3v) is 5.39. The number of nitrogens with zero attached hydrogens (tertiary/aromatic N) is 1. The summed E-state index contributed by atoms with van der Waals surface area (Å²) in [6, 6.07) is 21.1. The van der Waals surface area contributed by atoms with E-state index in [4.69, 9.17) is 16.3 Å². The molecule has 3 aromatic carbocycles. The molecular formula is C26H21ClN2O3. The number of phenolic OH excluding ortho intramolecular Hbond substituents is 1. The number of benzene rings is 3. The first-order chi connectivity index (χ1) is 15.6. The molecule has 1 unspecified atom stereocenters. The topological polar surface area (TPSA) is 71.5 Å². The number of phenols is 1. The van der Waals surface area contributed by atoms with E-state index in [0.717, 1.165) is 5.56 Å². The summed E-state index contributed by atoms with van der Waals surface area (Å²) in [5.74, 6) is 0.233. The fourth-order valence-electron chi connectivity index (χ4n) is 3.43. The molecule has 2 N–H and O–H groups in total. The minimum atomic E-state index is -0.655. The number of aromatic nitrogens is 1. The fourth-order valence-corrected chi connectivity index (χ4v) is 3.70. The second-order valence-corrected chi connectivity index (χ2v) is 7.56. The second-order valence-electron chi connectivity index (χ2n) is 7.15. The molecule has 0 fully saturated rings. The van der Waals surface area contributed by atoms with E-state index in [-0.39, 0.29) is 11.7 Å². The molecule has 1 heterocycles. The molecule has 5 nitrogen and oxygen atoms in total. The third-order valence-electron chi connectivity index (χ3n) is 5.08. The smallest absolute Gasteiger partial charge is 0.252 e. The van der Waals surface area contributed by atoms with Crippen molar-refractivity contribution in [1.82, 2.24) is 10.3 Å². The minimum absolute atomic E-state index is 0.0290. The van der Waals surface area contributed by atoms with Crippen molar-refractivity contribution in [3.63, 3.8) is 0 Å². The second kappa shape index (κ2) is 9.54. The van der Waals surface area contributed by atoms with E-state index in [9.17, 15) is 9.90 Å². The maximum atomic E-state index is 13.0. The van der Waals surface area contributed by atoms with Gasteiger partial charge in [-0.05, 0) is 42.0 Å². The zero-order valence-corrected chi connectivity index (χ0v) is 18.1. The highest BCUT2D eigenvalue weighted by molar-refractivity contribution is 6.35. The number of halogens is 1. The Kier molecular flexibility index (Phi) is 6.38. The number of ether oxygens (including phenoxy) is 1. The molecule has 1 atom stereocenters. The first kappa shape index (κ1) is 21.4. The number of aromatic hydroxyl groups is 1. The van der Waals surface area contributed by atoms with Crippen molar-refractivity contribution in [2.75, 3.05) is 7.11 Å². The monoisotopic (exact) mass is 444 g/mol. The van der Waals surface area contributed by atoms with Gasteiger partial charge in [-0.2, -0.15) is 0 Å². The highest BCUT2D eigenvalue weighted by Crippen LogP contribution is 2.37. The van der Waals surface area contributed by atoms with Crippen molar-refractivity contribution in [1.29, 1.82) is 0 Å². The summed E-state index contributed by atoms with van der Waals surface area (Å²) in [5.41, 5.74) is 2.22. The lowest BCUT2D eigenvalue weighted by atomic mass is 10.0. The van der Waals surface area contributed by atoms with Crippen molar-refractivity contribution in [2.45, 2.75) is 6.04 Å². The van der Waals surface area contributed by atoms with E-state index in [1.54, 1.807) is 55.8 Å². The van der Waals surface area contributed by atoms with E-state index < -0.39 is 6.04 Å². The van der Waals surface area contributed by atoms with Crippen molar-refractivity contribution < 1.29 is 14.6 Å². The predicted octanol–water partition coefficient (Wildman–Crippen LogP) is 5.79. The van der Waals surface area contributed by atoms with E-state index in [0.29, 0.717) is 32.8 Å². The summed E-state index contributed by atoms with van der Waals surface area (Å²) >= 11 is 6.48. The van der Waals surface area contributed by atoms with Gasteiger partial charge in [-0.3, -0.25) is 9.78 Å². The first-order valence-electron chi connectivity index (χ1n) is 10.0. The van der Waals surface area contributed by atoms with Gasteiger partial charge in [0.1, 0.15) is 17.0 Å². The molecule has 1 aromatic heterocycles. The molecule has 0 saturated carbocycles. The Hall–Kier alpha value is -3.83. The zero-order chi connectivity index (χ0) is 22.5. The van der Waals surface area contributed by atoms with Gasteiger partial charge in [0.2, 0.25) is 0 Å². The maximum Gasteiger partial charge on any atom is 0.252 e. The SMILES string of the molecule is COc1cccc(C(=O)NC(C=Cc2ccccc2)c2cc(Cl)c3cccnc3c2O)c1. The molecule has 32 heavy (non-hydrogen) atoms. The molecule has 1 amide bonds. The van der Waals surface area contributed by atoms with Crippen LogP contribution in [0.4, 0.5) is 0 Å². The van der Waals surface area contributed by atoms with Gasteiger partial charge in [-0.25, -0.2) is 0 Å². The van der Waals surface area contributed by atoms with E-state index in [2.05, 4.69) is 10.3 Å². The molecule has 0 radical (unpaired) electrons. The van der Waals surface area contributed by atoms with E-state index in [1.165, 1.54) is 0 Å². The Balaban J connectivity index is 1.76. The summed E-state index contributed by atoms with van der Waals surface area (Å²) in [4.78, 5) is 17.3. The van der Waals surface area contributed by atoms with Crippen LogP contribution in [0.15, 0.2) is 85.1 Å². The zero-order valence-electron chi connectivity index (χ0n) is 17.3. The van der Waals surface area contributed by atoms with Crippen LogP contribution in [0.5, 0.6) is 11.5 Å². The van der Waals surface area contributed by atoms with Crippen LogP contribution in [-0.4, -0.2) is 23.1 Å². The number of pyridine rings is 1. The van der Waals surface area contributed by atoms with Crippen molar-refractivity contribution in [2.24, 2.45) is 0 Å². The lowest BCUT2D eigenvalue weighted by Gasteiger charge is -2.19. The molecule has 160 valence electrons. The Bertz CT molecular complexity index is 1290. The van der Waals surface area contributed by atoms with Crippen LogP contribution in [-0.2, 0) is 0 Å². The van der Waals surface area contributed by atoms with Gasteiger partial charge >= 0.3 is 0 Å². The number of carbonyl (C=O) groups excluding carboxylic acids is 1. The first-order valence-corrected chi connectivity index (χ1v) is 10.4.